The van der Waals surface area contributed by atoms with E-state index in [1.807, 2.05) is 0 Å². The summed E-state index contributed by atoms with van der Waals surface area (Å²) in [5, 5.41) is 10.2. The fraction of sp³-hybridized carbons (Fsp3) is 0.333. The minimum absolute atomic E-state index is 0.0284. The lowest BCUT2D eigenvalue weighted by Gasteiger charge is -2.21. The molecule has 25 heavy (non-hydrogen) atoms. The van der Waals surface area contributed by atoms with Gasteiger partial charge >= 0.3 is 6.55 Å². The van der Waals surface area contributed by atoms with Crippen LogP contribution < -0.4 is 0 Å². The fourth-order valence-electron chi connectivity index (χ4n) is 2.15. The number of hydrogen-bond donors (Lipinski definition) is 0. The van der Waals surface area contributed by atoms with Crippen molar-refractivity contribution in [3.05, 3.63) is 52.6 Å². The third-order valence-corrected chi connectivity index (χ3v) is 4.52. The number of alkyl halides is 2. The first-order chi connectivity index (χ1) is 11.8. The molecular weight excluding hydrogens is 354 g/mol. The number of carbonyl (C=O) groups excluding carboxylic acids is 1. The number of nitro groups is 1. The number of thioether (sulfide) groups is 1. The maximum absolute atomic E-state index is 12.8. The van der Waals surface area contributed by atoms with Crippen molar-refractivity contribution in [2.45, 2.75) is 30.2 Å². The van der Waals surface area contributed by atoms with Crippen LogP contribution in [0.4, 0.5) is 14.5 Å². The van der Waals surface area contributed by atoms with E-state index in [0.717, 1.165) is 6.20 Å². The number of amides is 1. The van der Waals surface area contributed by atoms with E-state index in [-0.39, 0.29) is 24.0 Å². The van der Waals surface area contributed by atoms with Crippen molar-refractivity contribution in [3.63, 3.8) is 0 Å². The molecule has 1 unspecified atom stereocenters. The molecule has 7 nitrogen and oxygen atoms in total. The highest BCUT2D eigenvalue weighted by atomic mass is 32.2. The molecule has 0 bridgehead atoms. The van der Waals surface area contributed by atoms with E-state index in [1.165, 1.54) is 42.0 Å². The second-order valence-electron chi connectivity index (χ2n) is 5.23. The second kappa shape index (κ2) is 8.06. The summed E-state index contributed by atoms with van der Waals surface area (Å²) >= 11 is 1.23. The molecule has 134 valence electrons. The molecule has 0 aliphatic rings. The zero-order valence-corrected chi connectivity index (χ0v) is 14.3. The third-order valence-electron chi connectivity index (χ3n) is 3.42. The first kappa shape index (κ1) is 18.8. The molecule has 0 radical (unpaired) electrons. The number of carbonyl (C=O) groups is 1. The summed E-state index contributed by atoms with van der Waals surface area (Å²) in [6.45, 7) is -1.07. The SMILES string of the molecule is CC(Sc1ccc([N+](=O)[O-])cc1)C(=O)N(C)Cc1nccn1C(F)F. The molecule has 0 saturated carbocycles. The van der Waals surface area contributed by atoms with Crippen LogP contribution in [0.25, 0.3) is 0 Å². The molecule has 1 amide bonds. The van der Waals surface area contributed by atoms with E-state index < -0.39 is 16.7 Å². The number of nitro benzene ring substituents is 1. The van der Waals surface area contributed by atoms with Crippen LogP contribution in [0.1, 0.15) is 19.3 Å². The summed E-state index contributed by atoms with van der Waals surface area (Å²) < 4.78 is 26.3. The van der Waals surface area contributed by atoms with Crippen LogP contribution in [0, 0.1) is 10.1 Å². The number of aromatic nitrogens is 2. The van der Waals surface area contributed by atoms with Crippen molar-refractivity contribution < 1.29 is 18.5 Å². The van der Waals surface area contributed by atoms with Crippen molar-refractivity contribution in [2.24, 2.45) is 0 Å². The smallest absolute Gasteiger partial charge is 0.319 e. The van der Waals surface area contributed by atoms with E-state index >= 15 is 0 Å². The van der Waals surface area contributed by atoms with E-state index in [4.69, 9.17) is 0 Å². The van der Waals surface area contributed by atoms with Crippen LogP contribution >= 0.6 is 11.8 Å². The number of benzene rings is 1. The predicted molar refractivity (Wildman–Crippen MR) is 88.4 cm³/mol. The Morgan fingerprint density at radius 3 is 2.60 bits per heavy atom. The second-order valence-corrected chi connectivity index (χ2v) is 6.65. The lowest BCUT2D eigenvalue weighted by molar-refractivity contribution is -0.384. The quantitative estimate of drug-likeness (QED) is 0.424. The minimum atomic E-state index is -2.71. The zero-order chi connectivity index (χ0) is 18.6. The molecule has 2 rings (SSSR count). The van der Waals surface area contributed by atoms with E-state index in [1.54, 1.807) is 19.1 Å². The van der Waals surface area contributed by atoms with Gasteiger partial charge in [0, 0.05) is 36.5 Å². The van der Waals surface area contributed by atoms with Crippen LogP contribution in [0.3, 0.4) is 0 Å². The maximum Gasteiger partial charge on any atom is 0.319 e. The van der Waals surface area contributed by atoms with Crippen molar-refractivity contribution >= 4 is 23.4 Å². The molecule has 1 aromatic heterocycles. The van der Waals surface area contributed by atoms with Gasteiger partial charge in [0.25, 0.3) is 5.69 Å². The van der Waals surface area contributed by atoms with Gasteiger partial charge in [0.05, 0.1) is 16.7 Å². The first-order valence-electron chi connectivity index (χ1n) is 7.25. The Morgan fingerprint density at radius 2 is 2.04 bits per heavy atom. The van der Waals surface area contributed by atoms with Gasteiger partial charge in [-0.1, -0.05) is 0 Å². The summed E-state index contributed by atoms with van der Waals surface area (Å²) in [5.74, 6) is -0.162. The van der Waals surface area contributed by atoms with Gasteiger partial charge in [0.2, 0.25) is 5.91 Å². The Bertz CT molecular complexity index is 751. The highest BCUT2D eigenvalue weighted by Crippen LogP contribution is 2.26. The van der Waals surface area contributed by atoms with Gasteiger partial charge in [-0.25, -0.2) is 4.98 Å². The summed E-state index contributed by atoms with van der Waals surface area (Å²) in [6, 6.07) is 5.86. The topological polar surface area (TPSA) is 81.3 Å². The highest BCUT2D eigenvalue weighted by Gasteiger charge is 2.21. The summed E-state index contributed by atoms with van der Waals surface area (Å²) in [7, 11) is 1.51. The van der Waals surface area contributed by atoms with Gasteiger partial charge in [0.1, 0.15) is 5.82 Å². The van der Waals surface area contributed by atoms with E-state index in [2.05, 4.69) is 4.98 Å². The van der Waals surface area contributed by atoms with E-state index in [0.29, 0.717) is 9.46 Å². The zero-order valence-electron chi connectivity index (χ0n) is 13.5. The van der Waals surface area contributed by atoms with Gasteiger partial charge in [0.15, 0.2) is 0 Å². The number of nitrogens with zero attached hydrogens (tertiary/aromatic N) is 4. The van der Waals surface area contributed by atoms with Crippen molar-refractivity contribution in [1.82, 2.24) is 14.5 Å². The maximum atomic E-state index is 12.8. The number of imidazole rings is 1. The molecular formula is C15H16F2N4O3S. The fourth-order valence-corrected chi connectivity index (χ4v) is 3.13. The van der Waals surface area contributed by atoms with Crippen molar-refractivity contribution in [3.8, 4) is 0 Å². The lowest BCUT2D eigenvalue weighted by Crippen LogP contribution is -2.33. The first-order valence-corrected chi connectivity index (χ1v) is 8.13. The molecule has 0 aliphatic carbocycles. The van der Waals surface area contributed by atoms with Crippen LogP contribution in [0.5, 0.6) is 0 Å². The molecule has 2 aromatic rings. The predicted octanol–water partition coefficient (Wildman–Crippen LogP) is 3.33. The van der Waals surface area contributed by atoms with Gasteiger partial charge < -0.3 is 4.90 Å². The molecule has 10 heteroatoms. The normalized spacial score (nSPS) is 12.2. The van der Waals surface area contributed by atoms with Crippen molar-refractivity contribution in [2.75, 3.05) is 7.05 Å². The Morgan fingerprint density at radius 1 is 1.40 bits per heavy atom. The Hall–Kier alpha value is -2.49. The molecule has 0 N–H and O–H groups in total. The molecule has 1 heterocycles. The average molecular weight is 370 g/mol. The average Bonchev–Trinajstić information content (AvgIpc) is 3.02. The third kappa shape index (κ3) is 4.75. The number of rotatable bonds is 7. The number of halogens is 2. The Kier molecular flexibility index (Phi) is 6.07. The molecule has 1 aromatic carbocycles. The number of hydrogen-bond acceptors (Lipinski definition) is 5. The van der Waals surface area contributed by atoms with Crippen LogP contribution in [0.15, 0.2) is 41.6 Å². The van der Waals surface area contributed by atoms with Gasteiger partial charge in [-0.3, -0.25) is 19.5 Å². The standard InChI is InChI=1S/C15H16F2N4O3S/c1-10(25-12-5-3-11(4-6-12)21(23)24)14(22)19(2)9-13-18-7-8-20(13)15(16)17/h3-8,10,15H,9H2,1-2H3. The van der Waals surface area contributed by atoms with Crippen LogP contribution in [-0.4, -0.2) is 37.6 Å². The van der Waals surface area contributed by atoms with Gasteiger partial charge in [-0.05, 0) is 19.1 Å². The summed E-state index contributed by atoms with van der Waals surface area (Å²) in [5.41, 5.74) is -0.0284. The van der Waals surface area contributed by atoms with Gasteiger partial charge in [-0.2, -0.15) is 8.78 Å². The van der Waals surface area contributed by atoms with E-state index in [9.17, 15) is 23.7 Å². The van der Waals surface area contributed by atoms with Crippen LogP contribution in [-0.2, 0) is 11.3 Å². The molecule has 0 fully saturated rings. The number of non-ortho nitro benzene ring substituents is 1. The Balaban J connectivity index is 1.98. The summed E-state index contributed by atoms with van der Waals surface area (Å²) in [6.07, 6.45) is 2.42. The molecule has 0 spiro atoms. The van der Waals surface area contributed by atoms with Crippen LogP contribution in [0.2, 0.25) is 0 Å². The summed E-state index contributed by atoms with van der Waals surface area (Å²) in [4.78, 5) is 28.4. The van der Waals surface area contributed by atoms with Gasteiger partial charge in [-0.15, -0.1) is 11.8 Å². The largest absolute Gasteiger partial charge is 0.337 e. The molecule has 0 saturated heterocycles. The molecule has 0 aliphatic heterocycles. The monoisotopic (exact) mass is 370 g/mol. The minimum Gasteiger partial charge on any atom is -0.337 e. The molecule has 1 atom stereocenters. The van der Waals surface area contributed by atoms with Crippen molar-refractivity contribution in [1.29, 1.82) is 0 Å². The lowest BCUT2D eigenvalue weighted by atomic mass is 10.3. The highest BCUT2D eigenvalue weighted by molar-refractivity contribution is 8.00. The Labute approximate surface area is 146 Å².